The van der Waals surface area contributed by atoms with Crippen LogP contribution in [0.15, 0.2) is 0 Å². The Balaban J connectivity index is -0.0000000417. The third-order valence-corrected chi connectivity index (χ3v) is 0.899. The molecule has 1 N–H and O–H groups in total. The van der Waals surface area contributed by atoms with E-state index in [-0.39, 0.29) is 20.3 Å². The van der Waals surface area contributed by atoms with Crippen LogP contribution in [-0.2, 0) is 4.74 Å². The van der Waals surface area contributed by atoms with E-state index in [1.807, 2.05) is 6.92 Å². The molecule has 0 aromatic carbocycles. The van der Waals surface area contributed by atoms with Crippen LogP contribution >= 0.6 is 12.8 Å². The van der Waals surface area contributed by atoms with Crippen LogP contribution in [0.1, 0.15) is 6.92 Å². The number of nitrogens with one attached hydrogen (secondary N) is 1. The largest absolute Gasteiger partial charge is 0.366 e. The summed E-state index contributed by atoms with van der Waals surface area (Å²) in [6.07, 6.45) is 0.0494. The molecule has 1 atom stereocenters. The van der Waals surface area contributed by atoms with Gasteiger partial charge >= 0.3 is 0 Å². The van der Waals surface area contributed by atoms with Gasteiger partial charge in [-0.3, -0.25) is 14.1 Å². The summed E-state index contributed by atoms with van der Waals surface area (Å²) in [5.74, 6) is 0. The number of methoxy groups -OCH3 is 1. The van der Waals surface area contributed by atoms with Crippen molar-refractivity contribution >= 4 is 12.8 Å². The lowest BCUT2D eigenvalue weighted by molar-refractivity contribution is 0.113. The summed E-state index contributed by atoms with van der Waals surface area (Å²) in [6, 6.07) is 0. The Morgan fingerprint density at radius 3 is 1.67 bits per heavy atom. The van der Waals surface area contributed by atoms with Crippen LogP contribution in [0, 0.1) is 0 Å². The molecule has 0 heterocycles. The second-order valence-electron chi connectivity index (χ2n) is 1.01. The summed E-state index contributed by atoms with van der Waals surface area (Å²) in [5.41, 5.74) is 0. The first-order valence-electron chi connectivity index (χ1n) is 1.73. The number of hydrogen-bond donors (Lipinski definition) is 2. The minimum atomic E-state index is 0. The molecule has 0 radical (unpaired) electrons. The Morgan fingerprint density at radius 1 is 1.33 bits per heavy atom. The molecule has 0 aromatic heterocycles. The maximum atomic E-state index is 4.71. The zero-order chi connectivity index (χ0) is 4.99. The van der Waals surface area contributed by atoms with Crippen molar-refractivity contribution in [2.24, 2.45) is 0 Å². The van der Waals surface area contributed by atoms with E-state index in [1.165, 1.54) is 0 Å². The van der Waals surface area contributed by atoms with Crippen molar-refractivity contribution in [1.82, 2.24) is 4.72 Å². The zero-order valence-corrected chi connectivity index (χ0v) is 6.05. The summed E-state index contributed by atoms with van der Waals surface area (Å²) in [5, 5.41) is 0. The summed E-state index contributed by atoms with van der Waals surface area (Å²) < 4.78 is 7.30. The van der Waals surface area contributed by atoms with Crippen molar-refractivity contribution in [3.63, 3.8) is 0 Å². The van der Waals surface area contributed by atoms with Gasteiger partial charge in [0.05, 0.1) is 0 Å². The standard InChI is InChI=1S/C3H9NOS.3FH/c1-3(4-6)5-2;;;/h3-4,6H,1-2H3;3*1H. The Bertz CT molecular complexity index is 38.2. The van der Waals surface area contributed by atoms with Crippen LogP contribution in [0.5, 0.6) is 0 Å². The highest BCUT2D eigenvalue weighted by Gasteiger charge is 1.87. The number of halogens is 3. The van der Waals surface area contributed by atoms with E-state index in [1.54, 1.807) is 7.11 Å². The normalized spacial score (nSPS) is 9.67. The van der Waals surface area contributed by atoms with Gasteiger partial charge in [0.1, 0.15) is 6.23 Å². The van der Waals surface area contributed by atoms with Crippen molar-refractivity contribution in [2.75, 3.05) is 7.11 Å². The molecule has 0 fully saturated rings. The minimum Gasteiger partial charge on any atom is -0.366 e. The van der Waals surface area contributed by atoms with Gasteiger partial charge in [0.15, 0.2) is 0 Å². The van der Waals surface area contributed by atoms with E-state index in [2.05, 4.69) is 17.5 Å². The van der Waals surface area contributed by atoms with Gasteiger partial charge in [-0.25, -0.2) is 4.72 Å². The van der Waals surface area contributed by atoms with Gasteiger partial charge < -0.3 is 4.74 Å². The second kappa shape index (κ2) is 15.7. The second-order valence-corrected chi connectivity index (χ2v) is 1.27. The van der Waals surface area contributed by atoms with E-state index >= 15 is 0 Å². The third kappa shape index (κ3) is 18.0. The van der Waals surface area contributed by atoms with Crippen LogP contribution in [0.4, 0.5) is 14.1 Å². The number of rotatable bonds is 2. The van der Waals surface area contributed by atoms with Gasteiger partial charge in [-0.2, -0.15) is 0 Å². The van der Waals surface area contributed by atoms with Gasteiger partial charge in [0, 0.05) is 7.11 Å². The van der Waals surface area contributed by atoms with Gasteiger partial charge in [-0.1, -0.05) is 12.8 Å². The molecule has 0 aliphatic carbocycles. The Labute approximate surface area is 57.6 Å². The molecule has 0 aliphatic heterocycles. The smallest absolute Gasteiger partial charge is 0.113 e. The molecule has 0 aliphatic rings. The molecule has 2 nitrogen and oxygen atoms in total. The Kier molecular flexibility index (Phi) is 40.1. The van der Waals surface area contributed by atoms with E-state index in [4.69, 9.17) is 4.74 Å². The van der Waals surface area contributed by atoms with Crippen molar-refractivity contribution < 1.29 is 18.9 Å². The molecule has 0 spiro atoms. The highest BCUT2D eigenvalue weighted by atomic mass is 32.1. The highest BCUT2D eigenvalue weighted by Crippen LogP contribution is 1.78. The highest BCUT2D eigenvalue weighted by molar-refractivity contribution is 7.78. The quantitative estimate of drug-likeness (QED) is 0.470. The lowest BCUT2D eigenvalue weighted by atomic mass is 10.7. The summed E-state index contributed by atoms with van der Waals surface area (Å²) in [7, 11) is 1.62. The molecular formula is C3H12F3NOS. The number of hydrogen-bond acceptors (Lipinski definition) is 3. The fourth-order valence-corrected chi connectivity index (χ4v) is 0.158. The molecule has 0 saturated carbocycles. The predicted octanol–water partition coefficient (Wildman–Crippen LogP) is 0.871. The van der Waals surface area contributed by atoms with Gasteiger partial charge in [-0.15, -0.1) is 0 Å². The summed E-state index contributed by atoms with van der Waals surface area (Å²) in [4.78, 5) is 0. The first-order chi connectivity index (χ1) is 2.81. The van der Waals surface area contributed by atoms with Crippen molar-refractivity contribution in [3.05, 3.63) is 0 Å². The number of thiol groups is 1. The fraction of sp³-hybridized carbons (Fsp3) is 1.00. The van der Waals surface area contributed by atoms with Crippen molar-refractivity contribution in [1.29, 1.82) is 0 Å². The van der Waals surface area contributed by atoms with Gasteiger partial charge in [0.2, 0.25) is 0 Å². The SMILES string of the molecule is COC(C)NS.F.F.F. The first kappa shape index (κ1) is 23.0. The van der Waals surface area contributed by atoms with E-state index in [0.717, 1.165) is 0 Å². The van der Waals surface area contributed by atoms with Crippen LogP contribution in [0.3, 0.4) is 0 Å². The molecule has 0 rings (SSSR count). The Morgan fingerprint density at radius 2 is 1.67 bits per heavy atom. The van der Waals surface area contributed by atoms with Gasteiger partial charge in [0.25, 0.3) is 0 Å². The van der Waals surface area contributed by atoms with Gasteiger partial charge in [-0.05, 0) is 6.92 Å². The van der Waals surface area contributed by atoms with Crippen molar-refractivity contribution in [2.45, 2.75) is 13.2 Å². The molecular weight excluding hydrogens is 155 g/mol. The van der Waals surface area contributed by atoms with E-state index < -0.39 is 0 Å². The number of ether oxygens (including phenoxy) is 1. The van der Waals surface area contributed by atoms with E-state index in [0.29, 0.717) is 0 Å². The van der Waals surface area contributed by atoms with Crippen molar-refractivity contribution in [3.8, 4) is 0 Å². The summed E-state index contributed by atoms with van der Waals surface area (Å²) in [6.45, 7) is 1.87. The molecule has 0 amide bonds. The Hall–Kier alpha value is 0.0600. The maximum absolute atomic E-state index is 4.71. The lowest BCUT2D eigenvalue weighted by Crippen LogP contribution is -2.17. The average molecular weight is 167 g/mol. The van der Waals surface area contributed by atoms with Crippen LogP contribution < -0.4 is 4.72 Å². The van der Waals surface area contributed by atoms with E-state index in [9.17, 15) is 0 Å². The first-order valence-corrected chi connectivity index (χ1v) is 2.18. The monoisotopic (exact) mass is 167 g/mol. The molecule has 6 heteroatoms. The fourth-order valence-electron chi connectivity index (χ4n) is 0.0527. The lowest BCUT2D eigenvalue weighted by Gasteiger charge is -2.03. The average Bonchev–Trinajstić information content (AvgIpc) is 1.65. The molecule has 0 aromatic rings. The van der Waals surface area contributed by atoms with Crippen LogP contribution in [0.2, 0.25) is 0 Å². The molecule has 9 heavy (non-hydrogen) atoms. The topological polar surface area (TPSA) is 21.3 Å². The molecule has 0 saturated heterocycles. The predicted molar refractivity (Wildman–Crippen MR) is 36.1 cm³/mol. The van der Waals surface area contributed by atoms with Crippen LogP contribution in [0.25, 0.3) is 0 Å². The van der Waals surface area contributed by atoms with Crippen LogP contribution in [-0.4, -0.2) is 13.3 Å². The molecule has 62 valence electrons. The minimum absolute atomic E-state index is 0. The summed E-state index contributed by atoms with van der Waals surface area (Å²) >= 11 is 3.72. The third-order valence-electron chi connectivity index (χ3n) is 0.535. The zero-order valence-electron chi connectivity index (χ0n) is 5.16. The maximum Gasteiger partial charge on any atom is 0.113 e. The molecule has 0 bridgehead atoms. The molecule has 1 unspecified atom stereocenters.